The van der Waals surface area contributed by atoms with Crippen molar-refractivity contribution in [2.75, 3.05) is 18.0 Å². The molecule has 4 rings (SSSR count). The third-order valence-electron chi connectivity index (χ3n) is 7.34. The molecule has 0 saturated carbocycles. The Morgan fingerprint density at radius 1 is 1.07 bits per heavy atom. The predicted molar refractivity (Wildman–Crippen MR) is 171 cm³/mol. The average Bonchev–Trinajstić information content (AvgIpc) is 3.11. The van der Waals surface area contributed by atoms with Crippen molar-refractivity contribution in [2.24, 2.45) is 5.92 Å². The van der Waals surface area contributed by atoms with E-state index in [1.54, 1.807) is 64.1 Å². The van der Waals surface area contributed by atoms with Crippen LogP contribution >= 0.6 is 0 Å². The van der Waals surface area contributed by atoms with Crippen LogP contribution in [0.15, 0.2) is 73.3 Å². The van der Waals surface area contributed by atoms with E-state index in [4.69, 9.17) is 14.2 Å². The molecule has 0 bridgehead atoms. The van der Waals surface area contributed by atoms with Crippen molar-refractivity contribution >= 4 is 17.7 Å². The lowest BCUT2D eigenvalue weighted by Gasteiger charge is -2.33. The first kappa shape index (κ1) is 32.7. The summed E-state index contributed by atoms with van der Waals surface area (Å²) in [5.74, 6) is -0.697. The molecule has 0 fully saturated rings. The summed E-state index contributed by atoms with van der Waals surface area (Å²) in [6.45, 7) is 16.0. The number of benzene rings is 3. The highest BCUT2D eigenvalue weighted by Crippen LogP contribution is 2.44. The minimum absolute atomic E-state index is 0.0767. The van der Waals surface area contributed by atoms with Crippen LogP contribution in [0.25, 0.3) is 0 Å². The monoisotopic (exact) mass is 602 g/mol. The molecule has 3 aromatic carbocycles. The molecular formula is C36H43FN2O5. The number of nitrogens with zero attached hydrogens (tertiary/aromatic N) is 2. The first-order valence-electron chi connectivity index (χ1n) is 15.0. The van der Waals surface area contributed by atoms with E-state index in [9.17, 15) is 9.59 Å². The second kappa shape index (κ2) is 14.1. The summed E-state index contributed by atoms with van der Waals surface area (Å²) in [7, 11) is 0. The number of anilines is 1. The number of amides is 1. The van der Waals surface area contributed by atoms with Crippen LogP contribution in [-0.4, -0.2) is 41.7 Å². The van der Waals surface area contributed by atoms with E-state index in [2.05, 4.69) is 25.3 Å². The number of hydrogen-bond acceptors (Lipinski definition) is 6. The third kappa shape index (κ3) is 7.85. The number of ether oxygens (including phenoxy) is 3. The van der Waals surface area contributed by atoms with E-state index in [0.717, 1.165) is 12.0 Å². The van der Waals surface area contributed by atoms with Crippen molar-refractivity contribution in [1.82, 2.24) is 4.90 Å². The quantitative estimate of drug-likeness (QED) is 0.140. The third-order valence-corrected chi connectivity index (χ3v) is 7.34. The summed E-state index contributed by atoms with van der Waals surface area (Å²) in [5, 5.41) is 0. The topological polar surface area (TPSA) is 68.3 Å². The first-order chi connectivity index (χ1) is 20.9. The Morgan fingerprint density at radius 3 is 2.30 bits per heavy atom. The molecule has 0 spiro atoms. The van der Waals surface area contributed by atoms with Crippen molar-refractivity contribution in [3.63, 3.8) is 0 Å². The summed E-state index contributed by atoms with van der Waals surface area (Å²) in [5.41, 5.74) is 0.458. The Hall–Kier alpha value is -4.17. The lowest BCUT2D eigenvalue weighted by molar-refractivity contribution is 0.0565. The van der Waals surface area contributed by atoms with Crippen molar-refractivity contribution in [3.8, 4) is 11.5 Å². The smallest absolute Gasteiger partial charge is 0.414 e. The normalized spacial score (nSPS) is 15.4. The number of carbonyl (C=O) groups excluding carboxylic acids is 2. The molecule has 0 radical (unpaired) electrons. The predicted octanol–water partition coefficient (Wildman–Crippen LogP) is 8.09. The molecule has 0 saturated heterocycles. The Labute approximate surface area is 260 Å². The minimum atomic E-state index is -0.818. The van der Waals surface area contributed by atoms with Gasteiger partial charge in [0.05, 0.1) is 5.69 Å². The number of fused-ring (bicyclic) bond motifs is 1. The van der Waals surface area contributed by atoms with E-state index in [1.165, 1.54) is 4.90 Å². The molecule has 0 unspecified atom stereocenters. The Bertz CT molecular complexity index is 1470. The Balaban J connectivity index is 1.97. The number of halogens is 1. The molecule has 1 atom stereocenters. The number of para-hydroxylation sites is 1. The van der Waals surface area contributed by atoms with Crippen molar-refractivity contribution in [2.45, 2.75) is 72.8 Å². The van der Waals surface area contributed by atoms with Crippen LogP contribution in [-0.2, 0) is 17.9 Å². The van der Waals surface area contributed by atoms with Crippen LogP contribution in [0, 0.1) is 18.7 Å². The van der Waals surface area contributed by atoms with Gasteiger partial charge in [0.1, 0.15) is 29.3 Å². The van der Waals surface area contributed by atoms with Gasteiger partial charge in [-0.2, -0.15) is 0 Å². The van der Waals surface area contributed by atoms with Crippen LogP contribution in [0.5, 0.6) is 11.5 Å². The SMILES string of the molecule is C=CCN1Cc2c(F)c(C)c(C(=O)Oc3ccccc3)c(OCc3ccccc3)c2N(C(=O)OC(C)(C)C)C[C@H]1CC(C)C. The van der Waals surface area contributed by atoms with Gasteiger partial charge in [0, 0.05) is 36.8 Å². The van der Waals surface area contributed by atoms with Gasteiger partial charge in [-0.25, -0.2) is 14.0 Å². The fraction of sp³-hybridized carbons (Fsp3) is 0.389. The van der Waals surface area contributed by atoms with Crippen LogP contribution in [0.1, 0.15) is 68.1 Å². The summed E-state index contributed by atoms with van der Waals surface area (Å²) >= 11 is 0. The van der Waals surface area contributed by atoms with Gasteiger partial charge in [0.15, 0.2) is 5.75 Å². The van der Waals surface area contributed by atoms with E-state index >= 15 is 4.39 Å². The summed E-state index contributed by atoms with van der Waals surface area (Å²) < 4.78 is 34.7. The minimum Gasteiger partial charge on any atom is -0.486 e. The van der Waals surface area contributed by atoms with Crippen LogP contribution in [0.3, 0.4) is 0 Å². The highest BCUT2D eigenvalue weighted by Gasteiger charge is 2.40. The summed E-state index contributed by atoms with van der Waals surface area (Å²) in [6, 6.07) is 17.9. The molecule has 0 aliphatic carbocycles. The molecule has 3 aromatic rings. The fourth-order valence-electron chi connectivity index (χ4n) is 5.44. The number of carbonyl (C=O) groups is 2. The van der Waals surface area contributed by atoms with E-state index in [1.807, 2.05) is 30.3 Å². The van der Waals surface area contributed by atoms with Crippen molar-refractivity contribution < 1.29 is 28.2 Å². The van der Waals surface area contributed by atoms with Crippen LogP contribution in [0.4, 0.5) is 14.9 Å². The number of rotatable bonds is 9. The van der Waals surface area contributed by atoms with E-state index in [-0.39, 0.29) is 53.9 Å². The van der Waals surface area contributed by atoms with Gasteiger partial charge in [-0.3, -0.25) is 9.80 Å². The summed E-state index contributed by atoms with van der Waals surface area (Å²) in [6.07, 6.45) is 1.87. The maximum absolute atomic E-state index is 16.7. The molecule has 44 heavy (non-hydrogen) atoms. The first-order valence-corrected chi connectivity index (χ1v) is 15.0. The number of hydrogen-bond donors (Lipinski definition) is 0. The molecule has 7 nitrogen and oxygen atoms in total. The van der Waals surface area contributed by atoms with Gasteiger partial charge >= 0.3 is 12.1 Å². The van der Waals surface area contributed by atoms with Crippen LogP contribution in [0.2, 0.25) is 0 Å². The molecule has 0 N–H and O–H groups in total. The van der Waals surface area contributed by atoms with Gasteiger partial charge in [-0.15, -0.1) is 6.58 Å². The lowest BCUT2D eigenvalue weighted by Crippen LogP contribution is -2.46. The highest BCUT2D eigenvalue weighted by atomic mass is 19.1. The second-order valence-electron chi connectivity index (χ2n) is 12.5. The zero-order valence-corrected chi connectivity index (χ0v) is 26.6. The molecule has 1 heterocycles. The van der Waals surface area contributed by atoms with Gasteiger partial charge < -0.3 is 14.2 Å². The largest absolute Gasteiger partial charge is 0.486 e. The Kier molecular flexibility index (Phi) is 10.5. The van der Waals surface area contributed by atoms with E-state index in [0.29, 0.717) is 18.2 Å². The zero-order chi connectivity index (χ0) is 32.0. The lowest BCUT2D eigenvalue weighted by atomic mass is 9.98. The molecule has 8 heteroatoms. The van der Waals surface area contributed by atoms with Gasteiger partial charge in [-0.05, 0) is 57.7 Å². The summed E-state index contributed by atoms with van der Waals surface area (Å²) in [4.78, 5) is 31.4. The zero-order valence-electron chi connectivity index (χ0n) is 26.6. The van der Waals surface area contributed by atoms with Gasteiger partial charge in [0.2, 0.25) is 0 Å². The van der Waals surface area contributed by atoms with Crippen LogP contribution < -0.4 is 14.4 Å². The van der Waals surface area contributed by atoms with E-state index < -0.39 is 23.5 Å². The second-order valence-corrected chi connectivity index (χ2v) is 12.5. The maximum Gasteiger partial charge on any atom is 0.414 e. The molecule has 1 aliphatic rings. The molecule has 1 amide bonds. The van der Waals surface area contributed by atoms with Crippen molar-refractivity contribution in [3.05, 3.63) is 101 Å². The maximum atomic E-state index is 16.7. The highest BCUT2D eigenvalue weighted by molar-refractivity contribution is 6.01. The average molecular weight is 603 g/mol. The molecular weight excluding hydrogens is 559 g/mol. The van der Waals surface area contributed by atoms with Crippen molar-refractivity contribution in [1.29, 1.82) is 0 Å². The Morgan fingerprint density at radius 2 is 1.70 bits per heavy atom. The molecule has 0 aromatic heterocycles. The van der Waals surface area contributed by atoms with Gasteiger partial charge in [0.25, 0.3) is 0 Å². The molecule has 1 aliphatic heterocycles. The standard InChI is InChI=1S/C36H43FN2O5/c1-8-19-38-22-29-31(37)25(4)30(34(40)43-28-17-13-10-14-18-28)33(42-23-26-15-11-9-12-16-26)32(29)39(21-27(38)20-24(2)3)35(41)44-36(5,6)7/h8-18,24,27H,1,19-23H2,2-7H3/t27-/m1/s1. The number of esters is 1. The fourth-order valence-corrected chi connectivity index (χ4v) is 5.44. The molecule has 234 valence electrons. The van der Waals surface area contributed by atoms with Gasteiger partial charge in [-0.1, -0.05) is 68.5 Å².